The summed E-state index contributed by atoms with van der Waals surface area (Å²) in [4.78, 5) is 41.9. The number of nitrogens with zero attached hydrogens (tertiary/aromatic N) is 4. The van der Waals surface area contributed by atoms with Crippen molar-refractivity contribution in [2.45, 2.75) is 19.0 Å². The van der Waals surface area contributed by atoms with Crippen molar-refractivity contribution in [1.82, 2.24) is 30.1 Å². The number of benzene rings is 2. The Hall–Kier alpha value is -4.31. The minimum Gasteiger partial charge on any atom is -0.342 e. The van der Waals surface area contributed by atoms with Gasteiger partial charge in [-0.25, -0.2) is 15.5 Å². The van der Waals surface area contributed by atoms with E-state index in [0.717, 1.165) is 11.3 Å². The average molecular weight is 431 g/mol. The Bertz CT molecular complexity index is 1300. The number of fused-ring (bicyclic) bond motifs is 1. The van der Waals surface area contributed by atoms with Crippen molar-refractivity contribution in [3.63, 3.8) is 0 Å². The normalized spacial score (nSPS) is 11.8. The summed E-state index contributed by atoms with van der Waals surface area (Å²) in [6, 6.07) is 17.6. The fourth-order valence-electron chi connectivity index (χ4n) is 3.37. The highest BCUT2D eigenvalue weighted by Crippen LogP contribution is 2.13. The molecular formula is C22H21N7O3. The van der Waals surface area contributed by atoms with Crippen LogP contribution in [0.1, 0.15) is 5.56 Å². The van der Waals surface area contributed by atoms with Gasteiger partial charge in [0.05, 0.1) is 11.9 Å². The fraction of sp³-hybridized carbons (Fsp3) is 0.136. The Morgan fingerprint density at radius 3 is 2.41 bits per heavy atom. The van der Waals surface area contributed by atoms with Crippen LogP contribution in [0.4, 0.5) is 0 Å². The second-order valence-corrected chi connectivity index (χ2v) is 7.13. The summed E-state index contributed by atoms with van der Waals surface area (Å²) < 4.78 is 2.73. The van der Waals surface area contributed by atoms with Crippen molar-refractivity contribution in [3.05, 3.63) is 89.1 Å². The highest BCUT2D eigenvalue weighted by molar-refractivity contribution is 5.87. The van der Waals surface area contributed by atoms with Gasteiger partial charge in [-0.3, -0.25) is 24.4 Å². The molecule has 0 bridgehead atoms. The minimum atomic E-state index is -0.886. The number of hydrogen-bond acceptors (Lipinski definition) is 6. The lowest BCUT2D eigenvalue weighted by Crippen LogP contribution is -2.51. The molecule has 0 aliphatic carbocycles. The molecule has 0 saturated heterocycles. The second kappa shape index (κ2) is 9.23. The molecule has 2 aromatic carbocycles. The summed E-state index contributed by atoms with van der Waals surface area (Å²) in [6.45, 7) is -0.304. The lowest BCUT2D eigenvalue weighted by atomic mass is 10.1. The molecule has 0 aliphatic rings. The molecule has 10 heteroatoms. The third-order valence-corrected chi connectivity index (χ3v) is 4.95. The first kappa shape index (κ1) is 20.9. The van der Waals surface area contributed by atoms with Crippen molar-refractivity contribution in [3.8, 4) is 5.69 Å². The number of nitrogens with one attached hydrogen (secondary N) is 2. The first-order valence-corrected chi connectivity index (χ1v) is 9.89. The van der Waals surface area contributed by atoms with Gasteiger partial charge in [-0.1, -0.05) is 48.5 Å². The predicted octanol–water partition coefficient (Wildman–Crippen LogP) is 0.300. The van der Waals surface area contributed by atoms with Crippen LogP contribution in [0.25, 0.3) is 16.7 Å². The number of rotatable bonds is 7. The molecule has 32 heavy (non-hydrogen) atoms. The summed E-state index contributed by atoms with van der Waals surface area (Å²) in [7, 11) is 0. The molecule has 2 heterocycles. The molecule has 10 nitrogen and oxygen atoms in total. The minimum absolute atomic E-state index is 0.256. The van der Waals surface area contributed by atoms with Crippen LogP contribution in [0, 0.1) is 0 Å². The molecule has 1 atom stereocenters. The molecule has 0 spiro atoms. The number of aromatic nitrogens is 4. The van der Waals surface area contributed by atoms with Crippen LogP contribution in [-0.4, -0.2) is 37.2 Å². The lowest BCUT2D eigenvalue weighted by molar-refractivity contribution is -0.129. The van der Waals surface area contributed by atoms with Gasteiger partial charge >= 0.3 is 0 Å². The maximum absolute atomic E-state index is 12.9. The monoisotopic (exact) mass is 431 g/mol. The molecule has 4 aromatic rings. The molecule has 0 unspecified atom stereocenters. The SMILES string of the molecule is NNC(=O)[C@H](Cc1ccccc1)NC(=O)Cn1cnc2c(cnn2-c2ccccc2)c1=O. The molecule has 2 amide bonds. The Morgan fingerprint density at radius 1 is 1.03 bits per heavy atom. The first-order chi connectivity index (χ1) is 15.6. The van der Waals surface area contributed by atoms with Crippen LogP contribution in [0.15, 0.2) is 78.0 Å². The lowest BCUT2D eigenvalue weighted by Gasteiger charge is -2.17. The molecule has 4 N–H and O–H groups in total. The van der Waals surface area contributed by atoms with Gasteiger partial charge in [-0.2, -0.15) is 5.10 Å². The Kier molecular flexibility index (Phi) is 6.04. The maximum Gasteiger partial charge on any atom is 0.264 e. The molecule has 4 rings (SSSR count). The van der Waals surface area contributed by atoms with Crippen LogP contribution in [0.3, 0.4) is 0 Å². The van der Waals surface area contributed by atoms with Crippen molar-refractivity contribution >= 4 is 22.8 Å². The van der Waals surface area contributed by atoms with Gasteiger partial charge in [0.1, 0.15) is 24.3 Å². The van der Waals surface area contributed by atoms with E-state index in [9.17, 15) is 14.4 Å². The summed E-state index contributed by atoms with van der Waals surface area (Å²) >= 11 is 0. The summed E-state index contributed by atoms with van der Waals surface area (Å²) in [5.74, 6) is 4.21. The number of carbonyl (C=O) groups is 2. The van der Waals surface area contributed by atoms with E-state index in [1.165, 1.54) is 17.1 Å². The first-order valence-electron chi connectivity index (χ1n) is 9.89. The number of hydrazine groups is 1. The van der Waals surface area contributed by atoms with Crippen LogP contribution in [-0.2, 0) is 22.6 Å². The number of carbonyl (C=O) groups excluding carboxylic acids is 2. The summed E-state index contributed by atoms with van der Waals surface area (Å²) in [5, 5.41) is 7.16. The maximum atomic E-state index is 12.9. The van der Waals surface area contributed by atoms with Gasteiger partial charge in [0.15, 0.2) is 5.65 Å². The molecule has 0 saturated carbocycles. The van der Waals surface area contributed by atoms with Gasteiger partial charge in [0, 0.05) is 6.42 Å². The number of para-hydroxylation sites is 1. The van der Waals surface area contributed by atoms with E-state index in [1.807, 2.05) is 60.7 Å². The number of hydrogen-bond donors (Lipinski definition) is 3. The molecule has 0 fully saturated rings. The van der Waals surface area contributed by atoms with E-state index in [1.54, 1.807) is 4.68 Å². The molecule has 162 valence electrons. The van der Waals surface area contributed by atoms with Gasteiger partial charge in [0.25, 0.3) is 11.5 Å². The predicted molar refractivity (Wildman–Crippen MR) is 118 cm³/mol. The van der Waals surface area contributed by atoms with Crippen LogP contribution in [0.2, 0.25) is 0 Å². The molecule has 2 aromatic heterocycles. The van der Waals surface area contributed by atoms with Crippen molar-refractivity contribution < 1.29 is 9.59 Å². The van der Waals surface area contributed by atoms with E-state index in [0.29, 0.717) is 5.65 Å². The van der Waals surface area contributed by atoms with Crippen LogP contribution >= 0.6 is 0 Å². The standard InChI is InChI=1S/C22H21N7O3/c23-27-21(31)18(11-15-7-3-1-4-8-15)26-19(30)13-28-14-24-20-17(22(28)32)12-25-29(20)16-9-5-2-6-10-16/h1-10,12,14,18H,11,13,23H2,(H,26,30)(H,27,31)/t18-/m0/s1. The third-order valence-electron chi connectivity index (χ3n) is 4.95. The van der Waals surface area contributed by atoms with Crippen LogP contribution < -0.4 is 22.1 Å². The zero-order valence-corrected chi connectivity index (χ0v) is 17.0. The summed E-state index contributed by atoms with van der Waals surface area (Å²) in [6.07, 6.45) is 2.97. The zero-order chi connectivity index (χ0) is 22.5. The molecule has 0 aliphatic heterocycles. The Balaban J connectivity index is 1.53. The largest absolute Gasteiger partial charge is 0.342 e. The Morgan fingerprint density at radius 2 is 1.72 bits per heavy atom. The molecule has 0 radical (unpaired) electrons. The van der Waals surface area contributed by atoms with Crippen LogP contribution in [0.5, 0.6) is 0 Å². The van der Waals surface area contributed by atoms with Gasteiger partial charge in [-0.05, 0) is 17.7 Å². The van der Waals surface area contributed by atoms with Gasteiger partial charge in [0.2, 0.25) is 5.91 Å². The highest BCUT2D eigenvalue weighted by Gasteiger charge is 2.21. The van der Waals surface area contributed by atoms with E-state index < -0.39 is 23.4 Å². The van der Waals surface area contributed by atoms with E-state index in [4.69, 9.17) is 5.84 Å². The van der Waals surface area contributed by atoms with Crippen molar-refractivity contribution in [2.24, 2.45) is 5.84 Å². The third kappa shape index (κ3) is 4.40. The Labute approximate surface area is 182 Å². The second-order valence-electron chi connectivity index (χ2n) is 7.13. The highest BCUT2D eigenvalue weighted by atomic mass is 16.2. The van der Waals surface area contributed by atoms with Gasteiger partial charge in [-0.15, -0.1) is 0 Å². The average Bonchev–Trinajstić information content (AvgIpc) is 3.26. The topological polar surface area (TPSA) is 137 Å². The van der Waals surface area contributed by atoms with E-state index in [2.05, 4.69) is 20.8 Å². The van der Waals surface area contributed by atoms with E-state index in [-0.39, 0.29) is 18.4 Å². The van der Waals surface area contributed by atoms with Crippen molar-refractivity contribution in [2.75, 3.05) is 0 Å². The zero-order valence-electron chi connectivity index (χ0n) is 17.0. The van der Waals surface area contributed by atoms with E-state index >= 15 is 0 Å². The molecular weight excluding hydrogens is 410 g/mol. The number of amides is 2. The van der Waals surface area contributed by atoms with Gasteiger partial charge < -0.3 is 5.32 Å². The smallest absolute Gasteiger partial charge is 0.264 e. The number of nitrogens with two attached hydrogens (primary N) is 1. The quantitative estimate of drug-likeness (QED) is 0.219. The fourth-order valence-corrected chi connectivity index (χ4v) is 3.37. The van der Waals surface area contributed by atoms with Crippen molar-refractivity contribution in [1.29, 1.82) is 0 Å². The summed E-state index contributed by atoms with van der Waals surface area (Å²) in [5.41, 5.74) is 3.67.